The third-order valence-electron chi connectivity index (χ3n) is 3.70. The normalized spacial score (nSPS) is 13.1. The number of nitrogens with one attached hydrogen (secondary N) is 1. The zero-order chi connectivity index (χ0) is 18.0. The number of benzene rings is 1. The van der Waals surface area contributed by atoms with Gasteiger partial charge in [0.25, 0.3) is 5.91 Å². The Morgan fingerprint density at radius 3 is 2.13 bits per heavy atom. The SMILES string of the molecule is CC.CC(C)CCNC(=O)C(C)(Oc1ccc(Cl)cc1)C(C)C. The summed E-state index contributed by atoms with van der Waals surface area (Å²) in [6.45, 7) is 14.7. The van der Waals surface area contributed by atoms with Gasteiger partial charge in [-0.3, -0.25) is 4.79 Å². The van der Waals surface area contributed by atoms with Crippen LogP contribution in [0.5, 0.6) is 5.75 Å². The lowest BCUT2D eigenvalue weighted by Gasteiger charge is -2.33. The van der Waals surface area contributed by atoms with E-state index in [2.05, 4.69) is 19.2 Å². The minimum atomic E-state index is -0.898. The lowest BCUT2D eigenvalue weighted by Crippen LogP contribution is -2.52. The number of amides is 1. The van der Waals surface area contributed by atoms with Crippen LogP contribution in [0, 0.1) is 11.8 Å². The zero-order valence-corrected chi connectivity index (χ0v) is 16.3. The van der Waals surface area contributed by atoms with Crippen molar-refractivity contribution in [1.82, 2.24) is 5.32 Å². The van der Waals surface area contributed by atoms with Crippen molar-refractivity contribution in [3.63, 3.8) is 0 Å². The molecule has 1 N–H and O–H groups in total. The van der Waals surface area contributed by atoms with Gasteiger partial charge in [0.05, 0.1) is 0 Å². The summed E-state index contributed by atoms with van der Waals surface area (Å²) >= 11 is 5.87. The van der Waals surface area contributed by atoms with E-state index in [-0.39, 0.29) is 11.8 Å². The Balaban J connectivity index is 0.00000232. The van der Waals surface area contributed by atoms with Crippen LogP contribution in [-0.4, -0.2) is 18.1 Å². The molecule has 0 fully saturated rings. The van der Waals surface area contributed by atoms with Crippen LogP contribution in [0.15, 0.2) is 24.3 Å². The van der Waals surface area contributed by atoms with Gasteiger partial charge in [0.15, 0.2) is 5.60 Å². The van der Waals surface area contributed by atoms with Crippen LogP contribution in [0.3, 0.4) is 0 Å². The summed E-state index contributed by atoms with van der Waals surface area (Å²) in [4.78, 5) is 12.5. The highest BCUT2D eigenvalue weighted by molar-refractivity contribution is 6.30. The van der Waals surface area contributed by atoms with Gasteiger partial charge in [-0.25, -0.2) is 0 Å². The van der Waals surface area contributed by atoms with Gasteiger partial charge in [0.2, 0.25) is 0 Å². The molecule has 0 bridgehead atoms. The predicted octanol–water partition coefficient (Wildman–Crippen LogP) is 5.32. The van der Waals surface area contributed by atoms with Gasteiger partial charge in [-0.1, -0.05) is 53.1 Å². The molecule has 1 atom stereocenters. The molecular formula is C19H32ClNO2. The highest BCUT2D eigenvalue weighted by Crippen LogP contribution is 2.26. The first-order chi connectivity index (χ1) is 10.8. The number of hydrogen-bond donors (Lipinski definition) is 1. The van der Waals surface area contributed by atoms with Crippen LogP contribution in [0.4, 0.5) is 0 Å². The third kappa shape index (κ3) is 7.26. The van der Waals surface area contributed by atoms with E-state index in [1.165, 1.54) is 0 Å². The largest absolute Gasteiger partial charge is 0.477 e. The van der Waals surface area contributed by atoms with Gasteiger partial charge < -0.3 is 10.1 Å². The van der Waals surface area contributed by atoms with Crippen molar-refractivity contribution in [2.45, 2.75) is 60.5 Å². The van der Waals surface area contributed by atoms with Crippen molar-refractivity contribution >= 4 is 17.5 Å². The smallest absolute Gasteiger partial charge is 0.264 e. The van der Waals surface area contributed by atoms with E-state index in [0.717, 1.165) is 6.42 Å². The standard InChI is InChI=1S/C17H26ClNO2.C2H6/c1-12(2)10-11-19-16(20)17(5,13(3)4)21-15-8-6-14(18)7-9-15;1-2/h6-9,12-13H,10-11H2,1-5H3,(H,19,20);1-2H3. The number of ether oxygens (including phenoxy) is 1. The molecule has 1 aromatic rings. The van der Waals surface area contributed by atoms with Crippen LogP contribution < -0.4 is 10.1 Å². The van der Waals surface area contributed by atoms with Crippen LogP contribution in [0.1, 0.15) is 54.9 Å². The van der Waals surface area contributed by atoms with E-state index in [4.69, 9.17) is 16.3 Å². The van der Waals surface area contributed by atoms with Crippen molar-refractivity contribution in [1.29, 1.82) is 0 Å². The maximum absolute atomic E-state index is 12.5. The van der Waals surface area contributed by atoms with Crippen molar-refractivity contribution in [3.8, 4) is 5.75 Å². The first-order valence-corrected chi connectivity index (χ1v) is 8.86. The summed E-state index contributed by atoms with van der Waals surface area (Å²) in [6.07, 6.45) is 0.959. The molecule has 0 aliphatic rings. The summed E-state index contributed by atoms with van der Waals surface area (Å²) in [5.41, 5.74) is -0.898. The fraction of sp³-hybridized carbons (Fsp3) is 0.632. The van der Waals surface area contributed by atoms with E-state index in [1.54, 1.807) is 24.3 Å². The summed E-state index contributed by atoms with van der Waals surface area (Å²) in [5, 5.41) is 3.63. The van der Waals surface area contributed by atoms with Gasteiger partial charge >= 0.3 is 0 Å². The molecule has 1 amide bonds. The van der Waals surface area contributed by atoms with Crippen molar-refractivity contribution < 1.29 is 9.53 Å². The Morgan fingerprint density at radius 2 is 1.70 bits per heavy atom. The summed E-state index contributed by atoms with van der Waals surface area (Å²) < 4.78 is 5.97. The minimum absolute atomic E-state index is 0.0484. The molecule has 4 heteroatoms. The number of rotatable bonds is 7. The first-order valence-electron chi connectivity index (χ1n) is 8.48. The lowest BCUT2D eigenvalue weighted by molar-refractivity contribution is -0.139. The number of halogens is 1. The monoisotopic (exact) mass is 341 g/mol. The third-order valence-corrected chi connectivity index (χ3v) is 3.96. The molecule has 23 heavy (non-hydrogen) atoms. The minimum Gasteiger partial charge on any atom is -0.477 e. The molecule has 0 spiro atoms. The van der Waals surface area contributed by atoms with E-state index >= 15 is 0 Å². The second-order valence-corrected chi connectivity index (χ2v) is 6.69. The van der Waals surface area contributed by atoms with Crippen LogP contribution in [-0.2, 0) is 4.79 Å². The van der Waals surface area contributed by atoms with Crippen molar-refractivity contribution in [2.24, 2.45) is 11.8 Å². The quantitative estimate of drug-likeness (QED) is 0.728. The second-order valence-electron chi connectivity index (χ2n) is 6.26. The molecule has 0 saturated heterocycles. The van der Waals surface area contributed by atoms with Gasteiger partial charge in [0.1, 0.15) is 5.75 Å². The predicted molar refractivity (Wildman–Crippen MR) is 99.1 cm³/mol. The van der Waals surface area contributed by atoms with Gasteiger partial charge in [0, 0.05) is 17.5 Å². The molecule has 0 heterocycles. The molecule has 132 valence electrons. The second kappa shape index (κ2) is 10.5. The first kappa shape index (κ1) is 21.8. The molecule has 0 radical (unpaired) electrons. The van der Waals surface area contributed by atoms with E-state index in [9.17, 15) is 4.79 Å². The van der Waals surface area contributed by atoms with Gasteiger partial charge in [-0.05, 0) is 43.5 Å². The van der Waals surface area contributed by atoms with E-state index < -0.39 is 5.60 Å². The molecular weight excluding hydrogens is 310 g/mol. The van der Waals surface area contributed by atoms with Crippen LogP contribution >= 0.6 is 11.6 Å². The summed E-state index contributed by atoms with van der Waals surface area (Å²) in [5.74, 6) is 1.18. The summed E-state index contributed by atoms with van der Waals surface area (Å²) in [6, 6.07) is 7.08. The Morgan fingerprint density at radius 1 is 1.17 bits per heavy atom. The van der Waals surface area contributed by atoms with Crippen molar-refractivity contribution in [3.05, 3.63) is 29.3 Å². The molecule has 1 unspecified atom stereocenters. The molecule has 1 rings (SSSR count). The van der Waals surface area contributed by atoms with E-state index in [0.29, 0.717) is 23.2 Å². The fourth-order valence-electron chi connectivity index (χ4n) is 1.82. The maximum atomic E-state index is 12.5. The molecule has 0 aliphatic heterocycles. The van der Waals surface area contributed by atoms with Gasteiger partial charge in [-0.2, -0.15) is 0 Å². The number of carbonyl (C=O) groups is 1. The fourth-order valence-corrected chi connectivity index (χ4v) is 1.95. The highest BCUT2D eigenvalue weighted by Gasteiger charge is 2.39. The Hall–Kier alpha value is -1.22. The average Bonchev–Trinajstić information content (AvgIpc) is 2.50. The molecule has 0 aromatic heterocycles. The number of hydrogen-bond acceptors (Lipinski definition) is 2. The topological polar surface area (TPSA) is 38.3 Å². The zero-order valence-electron chi connectivity index (χ0n) is 15.6. The van der Waals surface area contributed by atoms with Crippen molar-refractivity contribution in [2.75, 3.05) is 6.54 Å². The highest BCUT2D eigenvalue weighted by atomic mass is 35.5. The number of carbonyl (C=O) groups excluding carboxylic acids is 1. The molecule has 3 nitrogen and oxygen atoms in total. The maximum Gasteiger partial charge on any atom is 0.264 e. The molecule has 0 aliphatic carbocycles. The van der Waals surface area contributed by atoms with Crippen LogP contribution in [0.2, 0.25) is 5.02 Å². The Kier molecular flexibility index (Phi) is 9.98. The Labute approximate surface area is 146 Å². The van der Waals surface area contributed by atoms with Gasteiger partial charge in [-0.15, -0.1) is 0 Å². The van der Waals surface area contributed by atoms with E-state index in [1.807, 2.05) is 34.6 Å². The lowest BCUT2D eigenvalue weighted by atomic mass is 9.91. The molecule has 0 saturated carbocycles. The van der Waals surface area contributed by atoms with Crippen LogP contribution in [0.25, 0.3) is 0 Å². The Bertz CT molecular complexity index is 457. The summed E-state index contributed by atoms with van der Waals surface area (Å²) in [7, 11) is 0. The average molecular weight is 342 g/mol. The molecule has 1 aromatic carbocycles.